The Hall–Kier alpha value is 0.570. The van der Waals surface area contributed by atoms with Gasteiger partial charge >= 0.3 is 23.7 Å². The summed E-state index contributed by atoms with van der Waals surface area (Å²) < 4.78 is 36.9. The van der Waals surface area contributed by atoms with E-state index in [1.165, 1.54) is 13.8 Å². The Kier molecular flexibility index (Phi) is 5.86. The number of hydrogen-bond acceptors (Lipinski definition) is 8. The number of nitrogens with one attached hydrogen (secondary N) is 2. The molecule has 0 radical (unpaired) electrons. The molecule has 0 bridgehead atoms. The van der Waals surface area contributed by atoms with Gasteiger partial charge in [0.2, 0.25) is 0 Å². The quantitative estimate of drug-likeness (QED) is 0.433. The van der Waals surface area contributed by atoms with Crippen LogP contribution in [0.25, 0.3) is 0 Å². The first-order valence-corrected chi connectivity index (χ1v) is 11.6. The molecule has 13 heteroatoms. The predicted octanol–water partition coefficient (Wildman–Crippen LogP) is 1.82. The van der Waals surface area contributed by atoms with Gasteiger partial charge < -0.3 is 4.89 Å². The first kappa shape index (κ1) is 18.9. The molecule has 1 saturated carbocycles. The van der Waals surface area contributed by atoms with Gasteiger partial charge in [0.25, 0.3) is 0 Å². The predicted molar refractivity (Wildman–Crippen MR) is 79.5 cm³/mol. The standard InChI is InChI=1S/C9H21N2O8P3/c1-7(2)17-21(13,14)19-22(15,16)18-20(12)10-8-5-3-4-6-9(8)11-20/h7-12H,3-6H2,1-2H3,(H-,13,14,15,16)/p+1/t8-,9-/m0/s1. The molecule has 5 N–H and O–H groups in total. The average Bonchev–Trinajstić information content (AvgIpc) is 2.58. The third-order valence-corrected chi connectivity index (χ3v) is 8.69. The summed E-state index contributed by atoms with van der Waals surface area (Å²) in [5.74, 6) is 0. The van der Waals surface area contributed by atoms with Crippen molar-refractivity contribution in [1.29, 1.82) is 0 Å². The van der Waals surface area contributed by atoms with Crippen LogP contribution < -0.4 is 10.2 Å². The molecule has 2 fully saturated rings. The van der Waals surface area contributed by atoms with Crippen LogP contribution in [0.2, 0.25) is 0 Å². The van der Waals surface area contributed by atoms with Crippen molar-refractivity contribution in [3.63, 3.8) is 0 Å². The molecule has 1 aliphatic carbocycles. The molecule has 130 valence electrons. The Balaban J connectivity index is 1.99. The number of phosphoric acid groups is 2. The van der Waals surface area contributed by atoms with Crippen molar-refractivity contribution in [1.82, 2.24) is 10.2 Å². The topological polar surface area (TPSA) is 147 Å². The Morgan fingerprint density at radius 3 is 2.05 bits per heavy atom. The maximum absolute atomic E-state index is 11.9. The van der Waals surface area contributed by atoms with Gasteiger partial charge in [0, 0.05) is 0 Å². The van der Waals surface area contributed by atoms with Crippen LogP contribution in [0.4, 0.5) is 0 Å². The van der Waals surface area contributed by atoms with Crippen LogP contribution >= 0.6 is 23.7 Å². The van der Waals surface area contributed by atoms with Gasteiger partial charge in [-0.05, 0) is 26.7 Å². The largest absolute Gasteiger partial charge is 0.520 e. The fourth-order valence-corrected chi connectivity index (χ4v) is 7.84. The lowest BCUT2D eigenvalue weighted by Crippen LogP contribution is -2.36. The van der Waals surface area contributed by atoms with Gasteiger partial charge in [0.05, 0.1) is 18.2 Å². The number of fused-ring (bicyclic) bond motifs is 1. The summed E-state index contributed by atoms with van der Waals surface area (Å²) in [5, 5.41) is 5.52. The van der Waals surface area contributed by atoms with Crippen molar-refractivity contribution >= 4 is 23.7 Å². The molecule has 10 nitrogen and oxygen atoms in total. The van der Waals surface area contributed by atoms with Crippen LogP contribution in [-0.2, 0) is 22.3 Å². The van der Waals surface area contributed by atoms with E-state index in [0.717, 1.165) is 25.7 Å². The second-order valence-electron chi connectivity index (χ2n) is 5.59. The van der Waals surface area contributed by atoms with Gasteiger partial charge in [0.15, 0.2) is 0 Å². The summed E-state index contributed by atoms with van der Waals surface area (Å²) in [6.07, 6.45) is 2.87. The SMILES string of the molecule is CC(C)OP(=O)(O)OP(=O)(O)O[P+]1(O)N[C@H]2CCCC[C@@H]2N1. The Labute approximate surface area is 129 Å². The van der Waals surface area contributed by atoms with Gasteiger partial charge in [-0.3, -0.25) is 9.42 Å². The van der Waals surface area contributed by atoms with Crippen molar-refractivity contribution < 1.29 is 37.0 Å². The maximum Gasteiger partial charge on any atom is 0.520 e. The van der Waals surface area contributed by atoms with Crippen molar-refractivity contribution in [3.8, 4) is 0 Å². The molecular weight excluding hydrogens is 357 g/mol. The zero-order valence-corrected chi connectivity index (χ0v) is 15.0. The molecule has 0 aromatic carbocycles. The minimum Gasteiger partial charge on any atom is -0.302 e. The molecule has 22 heavy (non-hydrogen) atoms. The molecule has 2 unspecified atom stereocenters. The molecular formula is C9H22N2O8P3+. The van der Waals surface area contributed by atoms with E-state index in [1.807, 2.05) is 0 Å². The molecule has 0 amide bonds. The van der Waals surface area contributed by atoms with Crippen molar-refractivity contribution in [2.45, 2.75) is 57.7 Å². The van der Waals surface area contributed by atoms with Gasteiger partial charge in [-0.15, -0.1) is 10.2 Å². The second-order valence-corrected chi connectivity index (χ2v) is 10.6. The normalized spacial score (nSPS) is 33.2. The summed E-state index contributed by atoms with van der Waals surface area (Å²) in [5.41, 5.74) is 0. The highest BCUT2D eigenvalue weighted by molar-refractivity contribution is 7.72. The minimum absolute atomic E-state index is 0.0695. The molecule has 0 aromatic rings. The summed E-state index contributed by atoms with van der Waals surface area (Å²) >= 11 is 0. The van der Waals surface area contributed by atoms with E-state index in [0.29, 0.717) is 0 Å². The smallest absolute Gasteiger partial charge is 0.302 e. The maximum atomic E-state index is 11.9. The second kappa shape index (κ2) is 6.82. The van der Waals surface area contributed by atoms with E-state index in [-0.39, 0.29) is 12.1 Å². The summed E-state index contributed by atoms with van der Waals surface area (Å²) in [7, 11) is -13.4. The lowest BCUT2D eigenvalue weighted by atomic mass is 9.92. The zero-order chi connectivity index (χ0) is 16.6. The molecule has 2 aliphatic rings. The molecule has 1 saturated heterocycles. The first-order valence-electron chi connectivity index (χ1n) is 6.94. The molecule has 2 rings (SSSR count). The molecule has 4 atom stereocenters. The summed E-state index contributed by atoms with van der Waals surface area (Å²) in [6, 6.07) is -0.139. The number of hydrogen-bond donors (Lipinski definition) is 5. The molecule has 0 aromatic heterocycles. The van der Waals surface area contributed by atoms with E-state index in [9.17, 15) is 23.8 Å². The van der Waals surface area contributed by atoms with E-state index < -0.39 is 29.8 Å². The Morgan fingerprint density at radius 2 is 1.59 bits per heavy atom. The summed E-state index contributed by atoms with van der Waals surface area (Å²) in [6.45, 7) is 2.92. The summed E-state index contributed by atoms with van der Waals surface area (Å²) in [4.78, 5) is 29.3. The highest BCUT2D eigenvalue weighted by Crippen LogP contribution is 2.70. The lowest BCUT2D eigenvalue weighted by molar-refractivity contribution is 0.147. The van der Waals surface area contributed by atoms with E-state index in [1.54, 1.807) is 0 Å². The third-order valence-electron chi connectivity index (χ3n) is 3.22. The fraction of sp³-hybridized carbons (Fsp3) is 1.00. The van der Waals surface area contributed by atoms with Crippen LogP contribution in [0.1, 0.15) is 39.5 Å². The number of phosphoric ester groups is 1. The van der Waals surface area contributed by atoms with Crippen molar-refractivity contribution in [2.75, 3.05) is 0 Å². The van der Waals surface area contributed by atoms with E-state index >= 15 is 0 Å². The van der Waals surface area contributed by atoms with Gasteiger partial charge in [-0.1, -0.05) is 17.2 Å². The third kappa shape index (κ3) is 5.30. The fourth-order valence-electron chi connectivity index (χ4n) is 2.55. The highest BCUT2D eigenvalue weighted by Gasteiger charge is 2.59. The van der Waals surface area contributed by atoms with E-state index in [2.05, 4.69) is 19.0 Å². The Morgan fingerprint density at radius 1 is 1.09 bits per heavy atom. The van der Waals surface area contributed by atoms with Crippen molar-refractivity contribution in [3.05, 3.63) is 0 Å². The highest BCUT2D eigenvalue weighted by atomic mass is 31.3. The van der Waals surface area contributed by atoms with Crippen molar-refractivity contribution in [2.24, 2.45) is 0 Å². The van der Waals surface area contributed by atoms with Gasteiger partial charge in [0.1, 0.15) is 0 Å². The van der Waals surface area contributed by atoms with Gasteiger partial charge in [-0.25, -0.2) is 9.13 Å². The lowest BCUT2D eigenvalue weighted by Gasteiger charge is -2.19. The van der Waals surface area contributed by atoms with Gasteiger partial charge in [-0.2, -0.15) is 9.20 Å². The zero-order valence-electron chi connectivity index (χ0n) is 12.3. The molecule has 1 aliphatic heterocycles. The van der Waals surface area contributed by atoms with E-state index in [4.69, 9.17) is 4.31 Å². The van der Waals surface area contributed by atoms with Crippen LogP contribution in [0.3, 0.4) is 0 Å². The first-order chi connectivity index (χ1) is 10.0. The van der Waals surface area contributed by atoms with Crippen LogP contribution in [0.15, 0.2) is 0 Å². The van der Waals surface area contributed by atoms with Crippen LogP contribution in [0.5, 0.6) is 0 Å². The van der Waals surface area contributed by atoms with Crippen LogP contribution in [0, 0.1) is 0 Å². The Bertz CT molecular complexity index is 489. The monoisotopic (exact) mass is 379 g/mol. The molecule has 0 spiro atoms. The number of rotatable bonds is 6. The molecule has 1 heterocycles. The average molecular weight is 379 g/mol. The van der Waals surface area contributed by atoms with Crippen LogP contribution in [-0.4, -0.2) is 32.9 Å². The minimum atomic E-state index is -5.00.